The van der Waals surface area contributed by atoms with Gasteiger partial charge in [-0.2, -0.15) is 15.4 Å². The summed E-state index contributed by atoms with van der Waals surface area (Å²) >= 11 is 0. The molecule has 0 aliphatic carbocycles. The van der Waals surface area contributed by atoms with Crippen molar-refractivity contribution >= 4 is 5.91 Å². The van der Waals surface area contributed by atoms with Gasteiger partial charge in [0.15, 0.2) is 5.69 Å². The zero-order valence-corrected chi connectivity index (χ0v) is 9.10. The molecule has 0 aromatic carbocycles. The predicted molar refractivity (Wildman–Crippen MR) is 55.6 cm³/mol. The fourth-order valence-corrected chi connectivity index (χ4v) is 1.38. The number of nitrogens with one attached hydrogen (secondary N) is 1. The topological polar surface area (TPSA) is 75.0 Å². The van der Waals surface area contributed by atoms with E-state index < -0.39 is 0 Å². The molecule has 0 fully saturated rings. The van der Waals surface area contributed by atoms with E-state index in [2.05, 4.69) is 15.4 Å². The number of H-pyrrole nitrogens is 1. The maximum atomic E-state index is 11.8. The molecule has 0 unspecified atom stereocenters. The Morgan fingerprint density at radius 2 is 2.38 bits per heavy atom. The van der Waals surface area contributed by atoms with Crippen LogP contribution in [-0.4, -0.2) is 33.3 Å². The molecular weight excluding hydrogens is 208 g/mol. The Morgan fingerprint density at radius 3 is 2.94 bits per heavy atom. The van der Waals surface area contributed by atoms with Gasteiger partial charge in [0.05, 0.1) is 12.7 Å². The summed E-state index contributed by atoms with van der Waals surface area (Å²) in [5.74, 6) is 1.39. The monoisotopic (exact) mass is 220 g/mol. The third-order valence-electron chi connectivity index (χ3n) is 2.17. The molecule has 6 nitrogen and oxygen atoms in total. The van der Waals surface area contributed by atoms with Gasteiger partial charge in [-0.05, 0) is 19.1 Å². The molecule has 16 heavy (non-hydrogen) atoms. The van der Waals surface area contributed by atoms with E-state index in [1.165, 1.54) is 11.1 Å². The lowest BCUT2D eigenvalue weighted by atomic mass is 10.3. The van der Waals surface area contributed by atoms with Crippen molar-refractivity contribution in [1.29, 1.82) is 0 Å². The fourth-order valence-electron chi connectivity index (χ4n) is 1.38. The molecule has 6 heteroatoms. The van der Waals surface area contributed by atoms with Crippen LogP contribution in [0.25, 0.3) is 0 Å². The first-order valence-corrected chi connectivity index (χ1v) is 4.83. The summed E-state index contributed by atoms with van der Waals surface area (Å²) in [4.78, 5) is 13.3. The van der Waals surface area contributed by atoms with Crippen LogP contribution in [0.3, 0.4) is 0 Å². The van der Waals surface area contributed by atoms with E-state index in [-0.39, 0.29) is 5.91 Å². The maximum absolute atomic E-state index is 11.8. The maximum Gasteiger partial charge on any atom is 0.276 e. The molecule has 2 heterocycles. The van der Waals surface area contributed by atoms with E-state index in [1.54, 1.807) is 7.05 Å². The molecule has 2 rings (SSSR count). The van der Waals surface area contributed by atoms with Gasteiger partial charge in [0.1, 0.15) is 11.5 Å². The van der Waals surface area contributed by atoms with Crippen LogP contribution < -0.4 is 0 Å². The number of carbonyl (C=O) groups is 1. The highest BCUT2D eigenvalue weighted by Crippen LogP contribution is 2.09. The Labute approximate surface area is 92.2 Å². The predicted octanol–water partition coefficient (Wildman–Crippen LogP) is 0.978. The summed E-state index contributed by atoms with van der Waals surface area (Å²) in [5.41, 5.74) is 0.297. The van der Waals surface area contributed by atoms with Crippen molar-refractivity contribution in [2.75, 3.05) is 7.05 Å². The lowest BCUT2D eigenvalue weighted by Crippen LogP contribution is -2.26. The number of rotatable bonds is 3. The molecule has 0 saturated carbocycles. The highest BCUT2D eigenvalue weighted by Gasteiger charge is 2.15. The van der Waals surface area contributed by atoms with Crippen molar-refractivity contribution in [3.8, 4) is 0 Å². The third kappa shape index (κ3) is 2.10. The Hall–Kier alpha value is -2.11. The number of amides is 1. The van der Waals surface area contributed by atoms with Crippen molar-refractivity contribution in [2.45, 2.75) is 13.5 Å². The first-order valence-electron chi connectivity index (χ1n) is 4.83. The van der Waals surface area contributed by atoms with Crippen LogP contribution in [0.2, 0.25) is 0 Å². The third-order valence-corrected chi connectivity index (χ3v) is 2.17. The second-order valence-electron chi connectivity index (χ2n) is 3.53. The van der Waals surface area contributed by atoms with Crippen LogP contribution in [-0.2, 0) is 6.54 Å². The van der Waals surface area contributed by atoms with E-state index >= 15 is 0 Å². The Balaban J connectivity index is 2.03. The van der Waals surface area contributed by atoms with E-state index in [0.717, 1.165) is 11.5 Å². The summed E-state index contributed by atoms with van der Waals surface area (Å²) in [6.45, 7) is 2.28. The number of hydrogen-bond acceptors (Lipinski definition) is 4. The molecular formula is C10H12N4O2. The molecule has 0 saturated heterocycles. The minimum Gasteiger partial charge on any atom is -0.464 e. The van der Waals surface area contributed by atoms with Crippen molar-refractivity contribution in [3.05, 3.63) is 35.5 Å². The van der Waals surface area contributed by atoms with E-state index in [9.17, 15) is 4.79 Å². The molecule has 0 radical (unpaired) electrons. The normalized spacial score (nSPS) is 10.4. The Kier molecular flexibility index (Phi) is 2.72. The minimum absolute atomic E-state index is 0.192. The van der Waals surface area contributed by atoms with Crippen LogP contribution in [0.4, 0.5) is 0 Å². The number of carbonyl (C=O) groups excluding carboxylic acids is 1. The summed E-state index contributed by atoms with van der Waals surface area (Å²) in [5, 5.41) is 9.72. The molecule has 0 bridgehead atoms. The number of aryl methyl sites for hydroxylation is 1. The van der Waals surface area contributed by atoms with Crippen LogP contribution in [0, 0.1) is 6.92 Å². The van der Waals surface area contributed by atoms with Crippen LogP contribution in [0.1, 0.15) is 22.0 Å². The van der Waals surface area contributed by atoms with Crippen LogP contribution >= 0.6 is 0 Å². The molecule has 0 atom stereocenters. The van der Waals surface area contributed by atoms with Gasteiger partial charge in [-0.25, -0.2) is 0 Å². The molecule has 1 amide bonds. The van der Waals surface area contributed by atoms with Gasteiger partial charge in [-0.3, -0.25) is 4.79 Å². The smallest absolute Gasteiger partial charge is 0.276 e. The summed E-state index contributed by atoms with van der Waals surface area (Å²) in [7, 11) is 1.69. The van der Waals surface area contributed by atoms with Crippen molar-refractivity contribution < 1.29 is 9.21 Å². The molecule has 0 aliphatic rings. The number of furan rings is 1. The van der Waals surface area contributed by atoms with Crippen LogP contribution in [0.5, 0.6) is 0 Å². The second kappa shape index (κ2) is 4.18. The van der Waals surface area contributed by atoms with Gasteiger partial charge in [-0.15, -0.1) is 0 Å². The molecule has 0 aliphatic heterocycles. The van der Waals surface area contributed by atoms with Gasteiger partial charge in [0.25, 0.3) is 5.91 Å². The highest BCUT2D eigenvalue weighted by molar-refractivity contribution is 5.91. The SMILES string of the molecule is Cc1ccc(CN(C)C(=O)c2cn[nH]n2)o1. The molecule has 2 aromatic rings. The molecule has 1 N–H and O–H groups in total. The number of nitrogens with zero attached hydrogens (tertiary/aromatic N) is 3. The molecule has 0 spiro atoms. The van der Waals surface area contributed by atoms with Crippen molar-refractivity contribution in [2.24, 2.45) is 0 Å². The number of aromatic nitrogens is 3. The minimum atomic E-state index is -0.192. The van der Waals surface area contributed by atoms with Gasteiger partial charge in [0, 0.05) is 7.05 Å². The van der Waals surface area contributed by atoms with Gasteiger partial charge in [-0.1, -0.05) is 0 Å². The van der Waals surface area contributed by atoms with E-state index in [4.69, 9.17) is 4.42 Å². The molecule has 2 aromatic heterocycles. The summed E-state index contributed by atoms with van der Waals surface area (Å²) < 4.78 is 5.38. The lowest BCUT2D eigenvalue weighted by Gasteiger charge is -2.13. The van der Waals surface area contributed by atoms with E-state index in [1.807, 2.05) is 19.1 Å². The first kappa shape index (κ1) is 10.4. The fraction of sp³-hybridized carbons (Fsp3) is 0.300. The average Bonchev–Trinajstić information content (AvgIpc) is 2.88. The first-order chi connectivity index (χ1) is 7.66. The Morgan fingerprint density at radius 1 is 1.56 bits per heavy atom. The molecule has 84 valence electrons. The van der Waals surface area contributed by atoms with Gasteiger partial charge < -0.3 is 9.32 Å². The Bertz CT molecular complexity index is 475. The highest BCUT2D eigenvalue weighted by atomic mass is 16.3. The number of hydrogen-bond donors (Lipinski definition) is 1. The van der Waals surface area contributed by atoms with Crippen molar-refractivity contribution in [3.63, 3.8) is 0 Å². The van der Waals surface area contributed by atoms with Gasteiger partial charge >= 0.3 is 0 Å². The standard InChI is InChI=1S/C10H12N4O2/c1-7-3-4-8(16-7)6-14(2)10(15)9-5-11-13-12-9/h3-5H,6H2,1-2H3,(H,11,12,13). The second-order valence-corrected chi connectivity index (χ2v) is 3.53. The largest absolute Gasteiger partial charge is 0.464 e. The quantitative estimate of drug-likeness (QED) is 0.836. The van der Waals surface area contributed by atoms with Gasteiger partial charge in [0.2, 0.25) is 0 Å². The van der Waals surface area contributed by atoms with E-state index in [0.29, 0.717) is 12.2 Å². The zero-order chi connectivity index (χ0) is 11.5. The van der Waals surface area contributed by atoms with Crippen LogP contribution in [0.15, 0.2) is 22.7 Å². The number of aromatic amines is 1. The zero-order valence-electron chi connectivity index (χ0n) is 9.10. The summed E-state index contributed by atoms with van der Waals surface area (Å²) in [6.07, 6.45) is 1.40. The average molecular weight is 220 g/mol. The van der Waals surface area contributed by atoms with Crippen molar-refractivity contribution in [1.82, 2.24) is 20.3 Å². The summed E-state index contributed by atoms with van der Waals surface area (Å²) in [6, 6.07) is 3.71. The lowest BCUT2D eigenvalue weighted by molar-refractivity contribution is 0.0769.